The van der Waals surface area contributed by atoms with E-state index in [2.05, 4.69) is 10.5 Å². The van der Waals surface area contributed by atoms with E-state index >= 15 is 0 Å². The van der Waals surface area contributed by atoms with Gasteiger partial charge in [-0.15, -0.1) is 0 Å². The van der Waals surface area contributed by atoms with Crippen LogP contribution in [-0.4, -0.2) is 17.7 Å². The van der Waals surface area contributed by atoms with Gasteiger partial charge in [-0.05, 0) is 43.5 Å². The van der Waals surface area contributed by atoms with E-state index in [0.29, 0.717) is 30.7 Å². The molecule has 0 radical (unpaired) electrons. The van der Waals surface area contributed by atoms with Gasteiger partial charge in [-0.1, -0.05) is 0 Å². The Bertz CT molecular complexity index is 703. The Morgan fingerprint density at radius 3 is 2.55 bits per heavy atom. The quantitative estimate of drug-likeness (QED) is 0.856. The average molecular weight is 312 g/mol. The molecule has 2 aromatic rings. The molecular formula is C15H15F3N2O2. The largest absolute Gasteiger partial charge is 0.383 e. The molecule has 0 saturated carbocycles. The monoisotopic (exact) mass is 312 g/mol. The van der Waals surface area contributed by atoms with Crippen LogP contribution in [0.15, 0.2) is 27.5 Å². The lowest BCUT2D eigenvalue weighted by atomic mass is 9.87. The van der Waals surface area contributed by atoms with Crippen molar-refractivity contribution in [3.05, 3.63) is 57.3 Å². The Labute approximate surface area is 124 Å². The fraction of sp³-hybridized carbons (Fsp3) is 0.400. The van der Waals surface area contributed by atoms with Crippen molar-refractivity contribution in [1.82, 2.24) is 10.5 Å². The molecule has 1 aromatic carbocycles. The van der Waals surface area contributed by atoms with Gasteiger partial charge in [0, 0.05) is 18.0 Å². The number of aromatic amines is 1. The number of nitrogens with one attached hydrogen (secondary N) is 2. The summed E-state index contributed by atoms with van der Waals surface area (Å²) in [5, 5.41) is 5.52. The maximum absolute atomic E-state index is 13.2. The number of H-pyrrole nitrogens is 1. The molecule has 1 aromatic heterocycles. The standard InChI is InChI=1S/C15H15F3N2O2/c16-11-4-8(5-12(17)15(11)18)3-10-6-9(1-2-19-10)13-7-14(21)20-22-13/h4-5,7,9-10,19H,1-3,6H2,(H,20,21)/t9-,10-/m1/s1. The van der Waals surface area contributed by atoms with Crippen LogP contribution < -0.4 is 10.9 Å². The van der Waals surface area contributed by atoms with Gasteiger partial charge < -0.3 is 9.84 Å². The molecule has 1 fully saturated rings. The second kappa shape index (κ2) is 6.00. The van der Waals surface area contributed by atoms with E-state index in [0.717, 1.165) is 18.6 Å². The van der Waals surface area contributed by atoms with Crippen LogP contribution in [0.5, 0.6) is 0 Å². The molecule has 2 heterocycles. The zero-order valence-corrected chi connectivity index (χ0v) is 11.7. The summed E-state index contributed by atoms with van der Waals surface area (Å²) in [6, 6.07) is 3.42. The molecule has 4 nitrogen and oxygen atoms in total. The van der Waals surface area contributed by atoms with Gasteiger partial charge in [0.25, 0.3) is 5.56 Å². The highest BCUT2D eigenvalue weighted by atomic mass is 19.2. The van der Waals surface area contributed by atoms with E-state index in [-0.39, 0.29) is 17.5 Å². The normalized spacial score (nSPS) is 22.0. The number of benzene rings is 1. The lowest BCUT2D eigenvalue weighted by Gasteiger charge is -2.29. The topological polar surface area (TPSA) is 58.0 Å². The first-order valence-corrected chi connectivity index (χ1v) is 7.08. The smallest absolute Gasteiger partial charge is 0.280 e. The molecule has 0 spiro atoms. The summed E-state index contributed by atoms with van der Waals surface area (Å²) in [6.07, 6.45) is 1.85. The van der Waals surface area contributed by atoms with Gasteiger partial charge in [0.1, 0.15) is 5.76 Å². The molecule has 1 aliphatic heterocycles. The average Bonchev–Trinajstić information content (AvgIpc) is 2.92. The van der Waals surface area contributed by atoms with Crippen molar-refractivity contribution in [3.8, 4) is 0 Å². The van der Waals surface area contributed by atoms with Crippen LogP contribution in [-0.2, 0) is 6.42 Å². The van der Waals surface area contributed by atoms with E-state index in [1.165, 1.54) is 6.07 Å². The zero-order chi connectivity index (χ0) is 15.7. The minimum Gasteiger partial charge on any atom is -0.383 e. The first-order chi connectivity index (χ1) is 10.5. The third-order valence-corrected chi connectivity index (χ3v) is 3.97. The molecule has 1 saturated heterocycles. The van der Waals surface area contributed by atoms with Crippen LogP contribution in [0.4, 0.5) is 13.2 Å². The van der Waals surface area contributed by atoms with Crippen LogP contribution >= 0.6 is 0 Å². The van der Waals surface area contributed by atoms with Crippen molar-refractivity contribution < 1.29 is 17.7 Å². The molecule has 2 atom stereocenters. The molecule has 2 N–H and O–H groups in total. The Morgan fingerprint density at radius 2 is 1.91 bits per heavy atom. The maximum Gasteiger partial charge on any atom is 0.280 e. The highest BCUT2D eigenvalue weighted by Gasteiger charge is 2.26. The molecule has 118 valence electrons. The second-order valence-corrected chi connectivity index (χ2v) is 5.57. The Kier molecular flexibility index (Phi) is 4.06. The van der Waals surface area contributed by atoms with Gasteiger partial charge in [-0.25, -0.2) is 13.2 Å². The Hall–Kier alpha value is -2.02. The molecule has 1 aliphatic rings. The molecule has 0 unspecified atom stereocenters. The Morgan fingerprint density at radius 1 is 1.18 bits per heavy atom. The molecule has 0 amide bonds. The van der Waals surface area contributed by atoms with Gasteiger partial charge in [0.2, 0.25) is 0 Å². The number of rotatable bonds is 3. The van der Waals surface area contributed by atoms with Crippen LogP contribution in [0.25, 0.3) is 0 Å². The number of hydrogen-bond acceptors (Lipinski definition) is 3. The van der Waals surface area contributed by atoms with E-state index in [9.17, 15) is 18.0 Å². The molecule has 3 rings (SSSR count). The minimum absolute atomic E-state index is 0.0248. The van der Waals surface area contributed by atoms with Gasteiger partial charge in [0.05, 0.1) is 0 Å². The van der Waals surface area contributed by atoms with Crippen LogP contribution in [0.2, 0.25) is 0 Å². The summed E-state index contributed by atoms with van der Waals surface area (Å²) < 4.78 is 44.6. The van der Waals surface area contributed by atoms with Crippen molar-refractivity contribution in [3.63, 3.8) is 0 Å². The lowest BCUT2D eigenvalue weighted by molar-refractivity contribution is 0.292. The first-order valence-electron chi connectivity index (χ1n) is 7.08. The van der Waals surface area contributed by atoms with E-state index in [4.69, 9.17) is 4.52 Å². The summed E-state index contributed by atoms with van der Waals surface area (Å²) in [4.78, 5) is 11.1. The van der Waals surface area contributed by atoms with E-state index in [1.54, 1.807) is 0 Å². The van der Waals surface area contributed by atoms with E-state index < -0.39 is 17.5 Å². The number of halogens is 3. The second-order valence-electron chi connectivity index (χ2n) is 5.57. The molecule has 22 heavy (non-hydrogen) atoms. The van der Waals surface area contributed by atoms with E-state index in [1.807, 2.05) is 0 Å². The summed E-state index contributed by atoms with van der Waals surface area (Å²) >= 11 is 0. The molecular weight excluding hydrogens is 297 g/mol. The lowest BCUT2D eigenvalue weighted by Crippen LogP contribution is -2.38. The maximum atomic E-state index is 13.2. The highest BCUT2D eigenvalue weighted by Crippen LogP contribution is 2.28. The van der Waals surface area contributed by atoms with Crippen molar-refractivity contribution in [2.45, 2.75) is 31.2 Å². The van der Waals surface area contributed by atoms with Crippen LogP contribution in [0, 0.1) is 17.5 Å². The fourth-order valence-corrected chi connectivity index (χ4v) is 2.93. The molecule has 7 heteroatoms. The summed E-state index contributed by atoms with van der Waals surface area (Å²) in [6.45, 7) is 0.705. The number of piperidine rings is 1. The van der Waals surface area contributed by atoms with Crippen molar-refractivity contribution >= 4 is 0 Å². The minimum atomic E-state index is -1.45. The van der Waals surface area contributed by atoms with Crippen molar-refractivity contribution in [2.75, 3.05) is 6.54 Å². The van der Waals surface area contributed by atoms with Crippen LogP contribution in [0.1, 0.15) is 30.1 Å². The predicted octanol–water partition coefficient (Wildman–Crippen LogP) is 2.46. The summed E-state index contributed by atoms with van der Waals surface area (Å²) in [5.41, 5.74) is 0.109. The van der Waals surface area contributed by atoms with Gasteiger partial charge in [0.15, 0.2) is 17.5 Å². The predicted molar refractivity (Wildman–Crippen MR) is 73.1 cm³/mol. The van der Waals surface area contributed by atoms with Gasteiger partial charge in [-0.2, -0.15) is 5.16 Å². The number of hydrogen-bond donors (Lipinski definition) is 2. The SMILES string of the molecule is O=c1cc([C@@H]2CCN[C@H](Cc3cc(F)c(F)c(F)c3)C2)o[nH]1. The third-order valence-electron chi connectivity index (χ3n) is 3.97. The highest BCUT2D eigenvalue weighted by molar-refractivity contribution is 5.21. The van der Waals surface area contributed by atoms with Crippen molar-refractivity contribution in [2.24, 2.45) is 0 Å². The Balaban J connectivity index is 1.71. The molecule has 0 bridgehead atoms. The molecule has 0 aliphatic carbocycles. The number of aromatic nitrogens is 1. The van der Waals surface area contributed by atoms with Gasteiger partial charge >= 0.3 is 0 Å². The fourth-order valence-electron chi connectivity index (χ4n) is 2.93. The third kappa shape index (κ3) is 3.09. The van der Waals surface area contributed by atoms with Crippen molar-refractivity contribution in [1.29, 1.82) is 0 Å². The van der Waals surface area contributed by atoms with Gasteiger partial charge in [-0.3, -0.25) is 4.79 Å². The van der Waals surface area contributed by atoms with Crippen LogP contribution in [0.3, 0.4) is 0 Å². The summed E-state index contributed by atoms with van der Waals surface area (Å²) in [7, 11) is 0. The zero-order valence-electron chi connectivity index (χ0n) is 11.7. The first kappa shape index (κ1) is 14.9. The summed E-state index contributed by atoms with van der Waals surface area (Å²) in [5.74, 6) is -3.15.